The zero-order valence-electron chi connectivity index (χ0n) is 21.5. The maximum absolute atomic E-state index is 5.09. The van der Waals surface area contributed by atoms with E-state index in [2.05, 4.69) is 122 Å². The van der Waals surface area contributed by atoms with Crippen LogP contribution in [0.2, 0.25) is 0 Å². The highest BCUT2D eigenvalue weighted by Gasteiger charge is 2.36. The molecule has 2 heterocycles. The van der Waals surface area contributed by atoms with Crippen LogP contribution in [0.25, 0.3) is 33.5 Å². The molecule has 0 radical (unpaired) electrons. The van der Waals surface area contributed by atoms with E-state index in [1.807, 2.05) is 24.3 Å². The monoisotopic (exact) mass is 489 g/mol. The zero-order valence-corrected chi connectivity index (χ0v) is 21.5. The van der Waals surface area contributed by atoms with Gasteiger partial charge in [0.1, 0.15) is 0 Å². The Morgan fingerprint density at radius 2 is 1.11 bits per heavy atom. The van der Waals surface area contributed by atoms with Gasteiger partial charge >= 0.3 is 0 Å². The number of hydrogen-bond acceptors (Lipinski definition) is 3. The minimum Gasteiger partial charge on any atom is -0.310 e. The first kappa shape index (κ1) is 22.4. The lowest BCUT2D eigenvalue weighted by atomic mass is 9.73. The summed E-state index contributed by atoms with van der Waals surface area (Å²) in [4.78, 5) is 12.5. The molecular formula is C35H27N3. The number of rotatable bonds is 3. The van der Waals surface area contributed by atoms with E-state index < -0.39 is 0 Å². The summed E-state index contributed by atoms with van der Waals surface area (Å²) in [5.41, 5.74) is 10.00. The van der Waals surface area contributed by atoms with Crippen molar-refractivity contribution in [3.05, 3.63) is 139 Å². The van der Waals surface area contributed by atoms with Crippen molar-refractivity contribution in [1.29, 1.82) is 0 Å². The van der Waals surface area contributed by atoms with Gasteiger partial charge in [-0.2, -0.15) is 0 Å². The maximum Gasteiger partial charge on any atom is 0.160 e. The highest BCUT2D eigenvalue weighted by Crippen LogP contribution is 2.51. The molecule has 7 rings (SSSR count). The van der Waals surface area contributed by atoms with E-state index in [0.717, 1.165) is 39.2 Å². The van der Waals surface area contributed by atoms with Gasteiger partial charge in [-0.15, -0.1) is 0 Å². The standard InChI is InChI=1S/C35H27N3/c1-35(2)28-17-9-11-19-31(28)38(32-20-12-10-18-29(32)35)26-21-22-27-30(23-26)36-34(25-15-7-4-8-16-25)37-33(27)24-13-5-3-6-14-24/h3-23H,1-2H3. The first-order chi connectivity index (χ1) is 18.6. The molecule has 0 saturated carbocycles. The van der Waals surface area contributed by atoms with Gasteiger partial charge in [0, 0.05) is 27.6 Å². The Balaban J connectivity index is 1.48. The van der Waals surface area contributed by atoms with Gasteiger partial charge in [0.2, 0.25) is 0 Å². The Labute approximate surface area is 223 Å². The molecule has 0 spiro atoms. The number of para-hydroxylation sites is 2. The molecule has 0 N–H and O–H groups in total. The third kappa shape index (κ3) is 3.51. The van der Waals surface area contributed by atoms with E-state index in [9.17, 15) is 0 Å². The molecule has 6 aromatic rings. The summed E-state index contributed by atoms with van der Waals surface area (Å²) in [7, 11) is 0. The molecular weight excluding hydrogens is 462 g/mol. The van der Waals surface area contributed by atoms with Gasteiger partial charge in [0.15, 0.2) is 5.82 Å². The zero-order chi connectivity index (χ0) is 25.7. The molecule has 182 valence electrons. The van der Waals surface area contributed by atoms with Gasteiger partial charge in [-0.25, -0.2) is 9.97 Å². The third-order valence-electron chi connectivity index (χ3n) is 7.65. The Bertz CT molecular complexity index is 1740. The molecule has 0 saturated heterocycles. The average Bonchev–Trinajstić information content (AvgIpc) is 2.97. The third-order valence-corrected chi connectivity index (χ3v) is 7.65. The van der Waals surface area contributed by atoms with Crippen LogP contribution in [0.4, 0.5) is 17.1 Å². The SMILES string of the molecule is CC1(C)c2ccccc2N(c2ccc3c(-c4ccccc4)nc(-c4ccccc4)nc3c2)c2ccccc21. The molecule has 5 aromatic carbocycles. The second-order valence-corrected chi connectivity index (χ2v) is 10.3. The Morgan fingerprint density at radius 1 is 0.553 bits per heavy atom. The maximum atomic E-state index is 5.09. The van der Waals surface area contributed by atoms with E-state index in [0.29, 0.717) is 0 Å². The topological polar surface area (TPSA) is 29.0 Å². The highest BCUT2D eigenvalue weighted by molar-refractivity contribution is 5.97. The summed E-state index contributed by atoms with van der Waals surface area (Å²) in [6.45, 7) is 4.63. The highest BCUT2D eigenvalue weighted by atomic mass is 15.2. The summed E-state index contributed by atoms with van der Waals surface area (Å²) in [6, 6.07) is 44.7. The second kappa shape index (κ2) is 8.67. The van der Waals surface area contributed by atoms with E-state index in [4.69, 9.17) is 9.97 Å². The van der Waals surface area contributed by atoms with E-state index in [-0.39, 0.29) is 5.41 Å². The number of hydrogen-bond donors (Lipinski definition) is 0. The van der Waals surface area contributed by atoms with Crippen LogP contribution >= 0.6 is 0 Å². The van der Waals surface area contributed by atoms with Gasteiger partial charge in [-0.3, -0.25) is 0 Å². The quantitative estimate of drug-likeness (QED) is 0.248. The van der Waals surface area contributed by atoms with Gasteiger partial charge in [-0.1, -0.05) is 111 Å². The van der Waals surface area contributed by atoms with Crippen molar-refractivity contribution in [3.63, 3.8) is 0 Å². The summed E-state index contributed by atoms with van der Waals surface area (Å²) >= 11 is 0. The van der Waals surface area contributed by atoms with Crippen LogP contribution in [-0.2, 0) is 5.41 Å². The Hall–Kier alpha value is -4.76. The average molecular weight is 490 g/mol. The predicted octanol–water partition coefficient (Wildman–Crippen LogP) is 9.07. The second-order valence-electron chi connectivity index (χ2n) is 10.3. The van der Waals surface area contributed by atoms with Crippen LogP contribution in [0.15, 0.2) is 127 Å². The molecule has 1 aliphatic rings. The van der Waals surface area contributed by atoms with Gasteiger partial charge in [0.25, 0.3) is 0 Å². The van der Waals surface area contributed by atoms with Gasteiger partial charge in [-0.05, 0) is 41.5 Å². The number of benzene rings is 5. The van der Waals surface area contributed by atoms with Crippen molar-refractivity contribution in [3.8, 4) is 22.6 Å². The van der Waals surface area contributed by atoms with Crippen LogP contribution in [0.3, 0.4) is 0 Å². The fourth-order valence-corrected chi connectivity index (χ4v) is 5.74. The van der Waals surface area contributed by atoms with Crippen LogP contribution in [0.1, 0.15) is 25.0 Å². The van der Waals surface area contributed by atoms with Crippen molar-refractivity contribution < 1.29 is 0 Å². The predicted molar refractivity (Wildman–Crippen MR) is 157 cm³/mol. The van der Waals surface area contributed by atoms with Crippen molar-refractivity contribution >= 4 is 28.0 Å². The van der Waals surface area contributed by atoms with Gasteiger partial charge in [0.05, 0.1) is 22.6 Å². The van der Waals surface area contributed by atoms with E-state index in [1.54, 1.807) is 0 Å². The summed E-state index contributed by atoms with van der Waals surface area (Å²) in [5.74, 6) is 0.731. The lowest BCUT2D eigenvalue weighted by Gasteiger charge is -2.42. The van der Waals surface area contributed by atoms with Crippen molar-refractivity contribution in [2.24, 2.45) is 0 Å². The fourth-order valence-electron chi connectivity index (χ4n) is 5.74. The molecule has 3 nitrogen and oxygen atoms in total. The number of fused-ring (bicyclic) bond motifs is 3. The molecule has 3 heteroatoms. The molecule has 0 bridgehead atoms. The van der Waals surface area contributed by atoms with Crippen LogP contribution in [0.5, 0.6) is 0 Å². The number of anilines is 3. The van der Waals surface area contributed by atoms with Gasteiger partial charge < -0.3 is 4.90 Å². The largest absolute Gasteiger partial charge is 0.310 e. The van der Waals surface area contributed by atoms with E-state index >= 15 is 0 Å². The molecule has 1 aliphatic heterocycles. The first-order valence-corrected chi connectivity index (χ1v) is 13.0. The Morgan fingerprint density at radius 3 is 1.74 bits per heavy atom. The molecule has 0 atom stereocenters. The van der Waals surface area contributed by atoms with E-state index in [1.165, 1.54) is 22.5 Å². The van der Waals surface area contributed by atoms with Crippen molar-refractivity contribution in [2.75, 3.05) is 4.90 Å². The van der Waals surface area contributed by atoms with Crippen molar-refractivity contribution in [2.45, 2.75) is 19.3 Å². The smallest absolute Gasteiger partial charge is 0.160 e. The van der Waals surface area contributed by atoms with Crippen LogP contribution < -0.4 is 4.90 Å². The summed E-state index contributed by atoms with van der Waals surface area (Å²) in [5, 5.41) is 1.04. The lowest BCUT2D eigenvalue weighted by Crippen LogP contribution is -2.30. The number of nitrogens with zero attached hydrogens (tertiary/aromatic N) is 3. The fraction of sp³-hybridized carbons (Fsp3) is 0.0857. The molecule has 1 aromatic heterocycles. The minimum absolute atomic E-state index is 0.0936. The van der Waals surface area contributed by atoms with Crippen LogP contribution in [0, 0.1) is 0 Å². The molecule has 0 fully saturated rings. The summed E-state index contributed by atoms with van der Waals surface area (Å²) in [6.07, 6.45) is 0. The first-order valence-electron chi connectivity index (χ1n) is 13.0. The number of aromatic nitrogens is 2. The normalized spacial score (nSPS) is 13.7. The minimum atomic E-state index is -0.0936. The summed E-state index contributed by atoms with van der Waals surface area (Å²) < 4.78 is 0. The lowest BCUT2D eigenvalue weighted by molar-refractivity contribution is 0.632. The van der Waals surface area contributed by atoms with Crippen molar-refractivity contribution in [1.82, 2.24) is 9.97 Å². The molecule has 0 amide bonds. The molecule has 0 aliphatic carbocycles. The van der Waals surface area contributed by atoms with Crippen LogP contribution in [-0.4, -0.2) is 9.97 Å². The molecule has 38 heavy (non-hydrogen) atoms. The molecule has 0 unspecified atom stereocenters. The Kier molecular flexibility index (Phi) is 5.12.